The zero-order valence-electron chi connectivity index (χ0n) is 16.8. The summed E-state index contributed by atoms with van der Waals surface area (Å²) in [5.41, 5.74) is 1.94. The quantitative estimate of drug-likeness (QED) is 0.359. The molecule has 1 aliphatic carbocycles. The molecule has 0 aromatic heterocycles. The molecule has 1 rings (SSSR count). The van der Waals surface area contributed by atoms with Crippen LogP contribution in [0.2, 0.25) is 18.1 Å². The van der Waals surface area contributed by atoms with Gasteiger partial charge in [-0.25, -0.2) is 0 Å². The van der Waals surface area contributed by atoms with E-state index in [1.165, 1.54) is 0 Å². The molecule has 5 heteroatoms. The topological polar surface area (TPSA) is 44.8 Å². The normalized spacial score (nSPS) is 23.0. The van der Waals surface area contributed by atoms with Crippen LogP contribution in [0.15, 0.2) is 11.1 Å². The van der Waals surface area contributed by atoms with Crippen LogP contribution in [0.25, 0.3) is 0 Å². The third kappa shape index (κ3) is 5.01. The summed E-state index contributed by atoms with van der Waals surface area (Å²) in [7, 11) is -1.94. The predicted octanol–water partition coefficient (Wildman–Crippen LogP) is 4.70. The van der Waals surface area contributed by atoms with Crippen LogP contribution in [0.1, 0.15) is 54.4 Å². The van der Waals surface area contributed by atoms with Crippen molar-refractivity contribution in [2.75, 3.05) is 13.2 Å². The lowest BCUT2D eigenvalue weighted by Crippen LogP contribution is -2.50. The highest BCUT2D eigenvalue weighted by molar-refractivity contribution is 6.74. The van der Waals surface area contributed by atoms with Gasteiger partial charge in [0, 0.05) is 18.8 Å². The summed E-state index contributed by atoms with van der Waals surface area (Å²) in [5, 5.41) is 0.127. The molecule has 0 spiro atoms. The molecule has 0 aliphatic heterocycles. The van der Waals surface area contributed by atoms with E-state index in [1.807, 2.05) is 20.8 Å². The van der Waals surface area contributed by atoms with Crippen molar-refractivity contribution in [1.29, 1.82) is 0 Å². The summed E-state index contributed by atoms with van der Waals surface area (Å²) in [5.74, 6) is -0.148. The van der Waals surface area contributed by atoms with Gasteiger partial charge in [0.1, 0.15) is 6.29 Å². The Kier molecular flexibility index (Phi) is 7.85. The summed E-state index contributed by atoms with van der Waals surface area (Å²) in [6.45, 7) is 18.3. The third-order valence-corrected chi connectivity index (χ3v) is 9.89. The Balaban J connectivity index is 3.19. The van der Waals surface area contributed by atoms with Gasteiger partial charge in [-0.3, -0.25) is 4.79 Å². The highest BCUT2D eigenvalue weighted by Crippen LogP contribution is 2.42. The minimum absolute atomic E-state index is 0.0297. The van der Waals surface area contributed by atoms with Gasteiger partial charge in [0.15, 0.2) is 14.6 Å². The lowest BCUT2D eigenvalue weighted by atomic mass is 9.81. The number of hydrogen-bond acceptors (Lipinski definition) is 4. The maximum Gasteiger partial charge on any atom is 0.192 e. The number of hydrogen-bond donors (Lipinski definition) is 0. The van der Waals surface area contributed by atoms with Crippen molar-refractivity contribution in [3.05, 3.63) is 11.1 Å². The van der Waals surface area contributed by atoms with E-state index in [4.69, 9.17) is 13.9 Å². The molecule has 24 heavy (non-hydrogen) atoms. The van der Waals surface area contributed by atoms with E-state index in [-0.39, 0.29) is 17.1 Å². The Morgan fingerprint density at radius 3 is 2.17 bits per heavy atom. The highest BCUT2D eigenvalue weighted by atomic mass is 28.4. The first-order valence-corrected chi connectivity index (χ1v) is 12.1. The zero-order chi connectivity index (χ0) is 18.5. The lowest BCUT2D eigenvalue weighted by Gasteiger charge is -2.44. The molecule has 1 aliphatic rings. The molecule has 0 aromatic carbocycles. The first-order valence-electron chi connectivity index (χ1n) is 9.14. The Hall–Kier alpha value is -0.493. The fourth-order valence-electron chi connectivity index (χ4n) is 2.94. The summed E-state index contributed by atoms with van der Waals surface area (Å²) >= 11 is 0. The van der Waals surface area contributed by atoms with E-state index >= 15 is 0 Å². The number of ether oxygens (including phenoxy) is 2. The van der Waals surface area contributed by atoms with Crippen LogP contribution in [0.3, 0.4) is 0 Å². The van der Waals surface area contributed by atoms with E-state index in [1.54, 1.807) is 0 Å². The molecular formula is C19H36O4Si. The Morgan fingerprint density at radius 2 is 1.75 bits per heavy atom. The van der Waals surface area contributed by atoms with Gasteiger partial charge < -0.3 is 13.9 Å². The Labute approximate surface area is 149 Å². The largest absolute Gasteiger partial charge is 0.413 e. The Morgan fingerprint density at radius 1 is 1.21 bits per heavy atom. The van der Waals surface area contributed by atoms with Crippen LogP contribution < -0.4 is 0 Å². The number of aldehydes is 1. The molecule has 0 unspecified atom stereocenters. The highest BCUT2D eigenvalue weighted by Gasteiger charge is 2.45. The molecule has 0 saturated heterocycles. The first-order chi connectivity index (χ1) is 11.1. The predicted molar refractivity (Wildman–Crippen MR) is 101 cm³/mol. The van der Waals surface area contributed by atoms with Crippen LogP contribution in [0.4, 0.5) is 0 Å². The molecule has 0 amide bonds. The minimum atomic E-state index is -1.94. The van der Waals surface area contributed by atoms with Crippen LogP contribution >= 0.6 is 0 Å². The molecule has 0 aromatic rings. The van der Waals surface area contributed by atoms with Crippen LogP contribution in [0.5, 0.6) is 0 Å². The molecule has 0 bridgehead atoms. The van der Waals surface area contributed by atoms with Crippen molar-refractivity contribution < 1.29 is 18.7 Å². The lowest BCUT2D eigenvalue weighted by molar-refractivity contribution is -0.178. The molecule has 4 nitrogen and oxygen atoms in total. The molecule has 0 saturated carbocycles. The molecule has 0 fully saturated rings. The van der Waals surface area contributed by atoms with E-state index in [0.29, 0.717) is 13.2 Å². The van der Waals surface area contributed by atoms with Gasteiger partial charge in [-0.05, 0) is 51.7 Å². The van der Waals surface area contributed by atoms with Gasteiger partial charge in [-0.1, -0.05) is 26.3 Å². The number of carbonyl (C=O) groups is 1. The maximum atomic E-state index is 11.8. The van der Waals surface area contributed by atoms with Crippen LogP contribution in [-0.2, 0) is 18.7 Å². The van der Waals surface area contributed by atoms with E-state index in [9.17, 15) is 4.79 Å². The molecule has 2 atom stereocenters. The van der Waals surface area contributed by atoms with Crippen molar-refractivity contribution in [2.24, 2.45) is 5.92 Å². The summed E-state index contributed by atoms with van der Waals surface area (Å²) in [6.07, 6.45) is 2.33. The van der Waals surface area contributed by atoms with Gasteiger partial charge in [0.05, 0.1) is 12.0 Å². The monoisotopic (exact) mass is 356 g/mol. The molecule has 0 N–H and O–H groups in total. The van der Waals surface area contributed by atoms with Gasteiger partial charge in [-0.2, -0.15) is 0 Å². The number of carbonyl (C=O) groups excluding carboxylic acids is 1. The summed E-state index contributed by atoms with van der Waals surface area (Å²) in [4.78, 5) is 11.8. The van der Waals surface area contributed by atoms with Gasteiger partial charge in [-0.15, -0.1) is 0 Å². The van der Waals surface area contributed by atoms with Crippen LogP contribution in [-0.4, -0.2) is 40.2 Å². The van der Waals surface area contributed by atoms with Crippen molar-refractivity contribution in [1.82, 2.24) is 0 Å². The van der Waals surface area contributed by atoms with Gasteiger partial charge in [0.2, 0.25) is 0 Å². The SMILES string of the molecule is CCOC(OCC)[C@H]1C(C=O)=C(C)CC[C@@H]1O[Si](C)(C)C(C)(C)C. The van der Waals surface area contributed by atoms with E-state index < -0.39 is 14.6 Å². The smallest absolute Gasteiger partial charge is 0.192 e. The van der Waals surface area contributed by atoms with Gasteiger partial charge >= 0.3 is 0 Å². The maximum absolute atomic E-state index is 11.8. The van der Waals surface area contributed by atoms with E-state index in [2.05, 4.69) is 33.9 Å². The molecule has 0 radical (unpaired) electrons. The van der Waals surface area contributed by atoms with Crippen molar-refractivity contribution in [2.45, 2.75) is 84.9 Å². The molecule has 140 valence electrons. The average molecular weight is 357 g/mol. The second-order valence-corrected chi connectivity index (χ2v) is 12.9. The second kappa shape index (κ2) is 8.74. The van der Waals surface area contributed by atoms with E-state index in [0.717, 1.165) is 30.3 Å². The molecule has 0 heterocycles. The van der Waals surface area contributed by atoms with Crippen molar-refractivity contribution in [3.8, 4) is 0 Å². The summed E-state index contributed by atoms with van der Waals surface area (Å²) in [6, 6.07) is 0. The molecular weight excluding hydrogens is 320 g/mol. The number of allylic oxidation sites excluding steroid dienone is 1. The van der Waals surface area contributed by atoms with Crippen molar-refractivity contribution >= 4 is 14.6 Å². The Bertz CT molecular complexity index is 445. The average Bonchev–Trinajstić information content (AvgIpc) is 2.47. The summed E-state index contributed by atoms with van der Waals surface area (Å²) < 4.78 is 18.4. The second-order valence-electron chi connectivity index (χ2n) is 8.11. The third-order valence-electron chi connectivity index (χ3n) is 5.39. The minimum Gasteiger partial charge on any atom is -0.413 e. The van der Waals surface area contributed by atoms with Gasteiger partial charge in [0.25, 0.3) is 0 Å². The van der Waals surface area contributed by atoms with Crippen molar-refractivity contribution in [3.63, 3.8) is 0 Å². The van der Waals surface area contributed by atoms with Crippen LogP contribution in [0, 0.1) is 5.92 Å². The fraction of sp³-hybridized carbons (Fsp3) is 0.842. The number of rotatable bonds is 8. The standard InChI is InChI=1S/C19H36O4Si/c1-9-21-18(22-10-2)17-15(13-20)14(3)11-12-16(17)23-24(7,8)19(4,5)6/h13,16-18H,9-12H2,1-8H3/t16-,17-/m0/s1. The zero-order valence-corrected chi connectivity index (χ0v) is 17.8. The fourth-order valence-corrected chi connectivity index (χ4v) is 4.31. The first kappa shape index (κ1) is 21.5.